The summed E-state index contributed by atoms with van der Waals surface area (Å²) in [6, 6.07) is 0. The monoisotopic (exact) mass is 244 g/mol. The molecule has 17 heavy (non-hydrogen) atoms. The number of carboxylic acids is 1. The van der Waals surface area contributed by atoms with E-state index < -0.39 is 5.97 Å². The lowest BCUT2D eigenvalue weighted by atomic mass is 9.83. The van der Waals surface area contributed by atoms with Crippen molar-refractivity contribution in [3.63, 3.8) is 0 Å². The van der Waals surface area contributed by atoms with Crippen LogP contribution in [-0.2, 0) is 14.3 Å². The minimum absolute atomic E-state index is 0.0314. The third kappa shape index (κ3) is 3.98. The second kappa shape index (κ2) is 6.56. The van der Waals surface area contributed by atoms with Crippen molar-refractivity contribution in [2.24, 2.45) is 5.41 Å². The number of hydrogen-bond acceptors (Lipinski definition) is 4. The van der Waals surface area contributed by atoms with E-state index in [1.807, 2.05) is 6.92 Å². The average Bonchev–Trinajstić information content (AvgIpc) is 2.77. The van der Waals surface area contributed by atoms with Crippen LogP contribution in [0, 0.1) is 5.41 Å². The Hall–Kier alpha value is -1.14. The van der Waals surface area contributed by atoms with Crippen LogP contribution in [0.3, 0.4) is 0 Å². The standard InChI is InChI=1S/C11H20N2O4/c1-2-11(3-4-12-8-11)10(16)13-5-6-17-7-9(14)15/h12H,2-8H2,1H3,(H,13,16)(H,14,15). The summed E-state index contributed by atoms with van der Waals surface area (Å²) in [6.45, 7) is 3.85. The maximum Gasteiger partial charge on any atom is 0.329 e. The van der Waals surface area contributed by atoms with Crippen molar-refractivity contribution in [1.29, 1.82) is 0 Å². The zero-order valence-electron chi connectivity index (χ0n) is 10.1. The van der Waals surface area contributed by atoms with Gasteiger partial charge in [0, 0.05) is 13.1 Å². The van der Waals surface area contributed by atoms with Crippen LogP contribution in [0.1, 0.15) is 19.8 Å². The summed E-state index contributed by atoms with van der Waals surface area (Å²) in [5.41, 5.74) is -0.299. The second-order valence-corrected chi connectivity index (χ2v) is 4.26. The van der Waals surface area contributed by atoms with Gasteiger partial charge in [0.15, 0.2) is 0 Å². The van der Waals surface area contributed by atoms with Gasteiger partial charge >= 0.3 is 5.97 Å². The quantitative estimate of drug-likeness (QED) is 0.530. The van der Waals surface area contributed by atoms with Gasteiger partial charge in [-0.05, 0) is 19.4 Å². The van der Waals surface area contributed by atoms with Gasteiger partial charge in [0.05, 0.1) is 12.0 Å². The molecule has 0 aromatic heterocycles. The van der Waals surface area contributed by atoms with Crippen molar-refractivity contribution < 1.29 is 19.4 Å². The summed E-state index contributed by atoms with van der Waals surface area (Å²) >= 11 is 0. The number of rotatable bonds is 7. The Morgan fingerprint density at radius 1 is 1.53 bits per heavy atom. The molecule has 0 aromatic rings. The van der Waals surface area contributed by atoms with Crippen LogP contribution in [0.15, 0.2) is 0 Å². The van der Waals surface area contributed by atoms with E-state index >= 15 is 0 Å². The van der Waals surface area contributed by atoms with Gasteiger partial charge in [-0.25, -0.2) is 4.79 Å². The summed E-state index contributed by atoms with van der Waals surface area (Å²) in [5.74, 6) is -0.967. The first-order valence-electron chi connectivity index (χ1n) is 5.89. The summed E-state index contributed by atoms with van der Waals surface area (Å²) in [5, 5.41) is 14.3. The van der Waals surface area contributed by atoms with Crippen molar-refractivity contribution in [1.82, 2.24) is 10.6 Å². The summed E-state index contributed by atoms with van der Waals surface area (Å²) < 4.78 is 4.84. The molecule has 1 aliphatic rings. The minimum Gasteiger partial charge on any atom is -0.480 e. The van der Waals surface area contributed by atoms with Crippen LogP contribution in [0.4, 0.5) is 0 Å². The molecule has 6 nitrogen and oxygen atoms in total. The van der Waals surface area contributed by atoms with Crippen LogP contribution >= 0.6 is 0 Å². The minimum atomic E-state index is -0.999. The molecular weight excluding hydrogens is 224 g/mol. The molecular formula is C11H20N2O4. The van der Waals surface area contributed by atoms with E-state index in [1.165, 1.54) is 0 Å². The SMILES string of the molecule is CCC1(C(=O)NCCOCC(=O)O)CCNC1. The van der Waals surface area contributed by atoms with Gasteiger partial charge in [0.2, 0.25) is 5.91 Å². The normalized spacial score (nSPS) is 23.6. The van der Waals surface area contributed by atoms with E-state index in [0.717, 1.165) is 19.4 Å². The van der Waals surface area contributed by atoms with Crippen LogP contribution in [0.25, 0.3) is 0 Å². The fraction of sp³-hybridized carbons (Fsp3) is 0.818. The molecule has 3 N–H and O–H groups in total. The number of carbonyl (C=O) groups is 2. The van der Waals surface area contributed by atoms with E-state index in [0.29, 0.717) is 13.1 Å². The lowest BCUT2D eigenvalue weighted by molar-refractivity contribution is -0.142. The van der Waals surface area contributed by atoms with E-state index in [4.69, 9.17) is 9.84 Å². The first-order chi connectivity index (χ1) is 8.10. The summed E-state index contributed by atoms with van der Waals surface area (Å²) in [7, 11) is 0. The molecule has 0 radical (unpaired) electrons. The molecule has 1 rings (SSSR count). The fourth-order valence-corrected chi connectivity index (χ4v) is 1.98. The maximum absolute atomic E-state index is 12.0. The second-order valence-electron chi connectivity index (χ2n) is 4.26. The van der Waals surface area contributed by atoms with Gasteiger partial charge in [-0.1, -0.05) is 6.92 Å². The first kappa shape index (κ1) is 13.9. The van der Waals surface area contributed by atoms with Gasteiger partial charge in [-0.2, -0.15) is 0 Å². The molecule has 1 aliphatic heterocycles. The topological polar surface area (TPSA) is 87.7 Å². The molecule has 0 bridgehead atoms. The van der Waals surface area contributed by atoms with E-state index in [1.54, 1.807) is 0 Å². The Kier molecular flexibility index (Phi) is 5.37. The van der Waals surface area contributed by atoms with Gasteiger partial charge in [0.1, 0.15) is 6.61 Å². The summed E-state index contributed by atoms with van der Waals surface area (Å²) in [6.07, 6.45) is 1.66. The highest BCUT2D eigenvalue weighted by molar-refractivity contribution is 5.83. The molecule has 0 aliphatic carbocycles. The van der Waals surface area contributed by atoms with Gasteiger partial charge in [-0.15, -0.1) is 0 Å². The van der Waals surface area contributed by atoms with Crippen LogP contribution < -0.4 is 10.6 Å². The number of ether oxygens (including phenoxy) is 1. The number of nitrogens with one attached hydrogen (secondary N) is 2. The molecule has 1 unspecified atom stereocenters. The first-order valence-corrected chi connectivity index (χ1v) is 5.89. The third-order valence-corrected chi connectivity index (χ3v) is 3.16. The van der Waals surface area contributed by atoms with Crippen molar-refractivity contribution in [2.75, 3.05) is 32.8 Å². The molecule has 1 amide bonds. The van der Waals surface area contributed by atoms with E-state index in [2.05, 4.69) is 10.6 Å². The predicted octanol–water partition coefficient (Wildman–Crippen LogP) is -0.406. The molecule has 0 spiro atoms. The summed E-state index contributed by atoms with van der Waals surface area (Å²) in [4.78, 5) is 22.2. The fourth-order valence-electron chi connectivity index (χ4n) is 1.98. The molecule has 98 valence electrons. The molecule has 1 atom stereocenters. The number of amides is 1. The lowest BCUT2D eigenvalue weighted by Crippen LogP contribution is -2.43. The smallest absolute Gasteiger partial charge is 0.329 e. The predicted molar refractivity (Wildman–Crippen MR) is 61.7 cm³/mol. The molecule has 1 heterocycles. The van der Waals surface area contributed by atoms with Crippen molar-refractivity contribution in [3.05, 3.63) is 0 Å². The van der Waals surface area contributed by atoms with Crippen molar-refractivity contribution in [3.8, 4) is 0 Å². The van der Waals surface area contributed by atoms with E-state index in [9.17, 15) is 9.59 Å². The highest BCUT2D eigenvalue weighted by Gasteiger charge is 2.38. The van der Waals surface area contributed by atoms with Crippen LogP contribution in [0.5, 0.6) is 0 Å². The van der Waals surface area contributed by atoms with E-state index in [-0.39, 0.29) is 24.5 Å². The van der Waals surface area contributed by atoms with Crippen molar-refractivity contribution >= 4 is 11.9 Å². The lowest BCUT2D eigenvalue weighted by Gasteiger charge is -2.25. The molecule has 1 saturated heterocycles. The Balaban J connectivity index is 2.22. The number of carbonyl (C=O) groups excluding carboxylic acids is 1. The van der Waals surface area contributed by atoms with Gasteiger partial charge in [-0.3, -0.25) is 4.79 Å². The van der Waals surface area contributed by atoms with Crippen molar-refractivity contribution in [2.45, 2.75) is 19.8 Å². The van der Waals surface area contributed by atoms with Gasteiger partial charge < -0.3 is 20.5 Å². The number of aliphatic carboxylic acids is 1. The molecule has 6 heteroatoms. The Morgan fingerprint density at radius 3 is 2.82 bits per heavy atom. The average molecular weight is 244 g/mol. The molecule has 0 saturated carbocycles. The highest BCUT2D eigenvalue weighted by Crippen LogP contribution is 2.29. The Labute approximate surface area is 101 Å². The number of hydrogen-bond donors (Lipinski definition) is 3. The largest absolute Gasteiger partial charge is 0.480 e. The molecule has 1 fully saturated rings. The zero-order chi connectivity index (χ0) is 12.7. The Morgan fingerprint density at radius 2 is 2.29 bits per heavy atom. The zero-order valence-corrected chi connectivity index (χ0v) is 10.1. The third-order valence-electron chi connectivity index (χ3n) is 3.16. The molecule has 0 aromatic carbocycles. The Bertz CT molecular complexity index is 275. The van der Waals surface area contributed by atoms with Crippen LogP contribution in [-0.4, -0.2) is 49.8 Å². The number of carboxylic acid groups (broad SMARTS) is 1. The highest BCUT2D eigenvalue weighted by atomic mass is 16.5. The van der Waals surface area contributed by atoms with Gasteiger partial charge in [0.25, 0.3) is 0 Å². The van der Waals surface area contributed by atoms with Crippen LogP contribution in [0.2, 0.25) is 0 Å². The maximum atomic E-state index is 12.0.